The lowest BCUT2D eigenvalue weighted by molar-refractivity contribution is 0.0906. The van der Waals surface area contributed by atoms with Gasteiger partial charge in [-0.15, -0.1) is 0 Å². The molecule has 35 heavy (non-hydrogen) atoms. The monoisotopic (exact) mass is 474 g/mol. The molecule has 0 aliphatic carbocycles. The number of aryl methyl sites for hydroxylation is 1. The van der Waals surface area contributed by atoms with Crippen LogP contribution >= 0.6 is 0 Å². The number of carbonyl (C=O) groups is 2. The molecule has 4 rings (SSSR count). The van der Waals surface area contributed by atoms with Crippen molar-refractivity contribution in [2.24, 2.45) is 5.92 Å². The van der Waals surface area contributed by atoms with Crippen LogP contribution in [0.2, 0.25) is 0 Å². The van der Waals surface area contributed by atoms with Crippen LogP contribution in [0.4, 0.5) is 0 Å². The lowest BCUT2D eigenvalue weighted by Gasteiger charge is -2.18. The molecule has 0 bridgehead atoms. The van der Waals surface area contributed by atoms with E-state index in [9.17, 15) is 14.7 Å². The number of pyridine rings is 1. The van der Waals surface area contributed by atoms with E-state index in [0.717, 1.165) is 16.8 Å². The number of aliphatic hydroxyl groups excluding tert-OH is 1. The Morgan fingerprint density at radius 1 is 1.11 bits per heavy atom. The SMILES string of the molecule is Cc1cccc(-n2cc(CNC(=O)c3cnc4c(C(=O)N[C@H](CO)CC(C)C)cccn34)cn2)c1. The van der Waals surface area contributed by atoms with Crippen LogP contribution in [-0.2, 0) is 6.54 Å². The first-order valence-electron chi connectivity index (χ1n) is 11.6. The third-order valence-corrected chi connectivity index (χ3v) is 5.68. The summed E-state index contributed by atoms with van der Waals surface area (Å²) in [6.07, 6.45) is 7.40. The number of amides is 2. The maximum absolute atomic E-state index is 12.9. The highest BCUT2D eigenvalue weighted by Gasteiger charge is 2.20. The smallest absolute Gasteiger partial charge is 0.270 e. The Morgan fingerprint density at radius 2 is 1.94 bits per heavy atom. The molecule has 9 heteroatoms. The first-order chi connectivity index (χ1) is 16.9. The molecule has 0 aliphatic rings. The summed E-state index contributed by atoms with van der Waals surface area (Å²) in [5.41, 5.74) is 3.99. The molecule has 4 aromatic rings. The van der Waals surface area contributed by atoms with Gasteiger partial charge in [0.15, 0.2) is 0 Å². The highest BCUT2D eigenvalue weighted by atomic mass is 16.3. The van der Waals surface area contributed by atoms with Crippen LogP contribution in [0.5, 0.6) is 0 Å². The number of aromatic nitrogens is 4. The highest BCUT2D eigenvalue weighted by Crippen LogP contribution is 2.15. The lowest BCUT2D eigenvalue weighted by Crippen LogP contribution is -2.38. The van der Waals surface area contributed by atoms with E-state index < -0.39 is 0 Å². The summed E-state index contributed by atoms with van der Waals surface area (Å²) >= 11 is 0. The van der Waals surface area contributed by atoms with Crippen molar-refractivity contribution < 1.29 is 14.7 Å². The summed E-state index contributed by atoms with van der Waals surface area (Å²) < 4.78 is 3.36. The van der Waals surface area contributed by atoms with Gasteiger partial charge in [0, 0.05) is 24.5 Å². The van der Waals surface area contributed by atoms with Gasteiger partial charge in [0.05, 0.1) is 36.3 Å². The first-order valence-corrected chi connectivity index (χ1v) is 11.6. The van der Waals surface area contributed by atoms with Crippen molar-refractivity contribution in [1.29, 1.82) is 0 Å². The van der Waals surface area contributed by atoms with Crippen LogP contribution < -0.4 is 10.6 Å². The number of nitrogens with one attached hydrogen (secondary N) is 2. The minimum Gasteiger partial charge on any atom is -0.394 e. The van der Waals surface area contributed by atoms with E-state index in [1.165, 1.54) is 6.20 Å². The van der Waals surface area contributed by atoms with Crippen molar-refractivity contribution in [1.82, 2.24) is 29.8 Å². The number of hydrogen-bond donors (Lipinski definition) is 3. The standard InChI is InChI=1S/C26H30N6O3/c1-17(2)10-20(16-33)30-25(34)22-8-5-9-31-23(14-27-24(22)31)26(35)28-12-19-13-29-32(15-19)21-7-4-6-18(3)11-21/h4-9,11,13-15,17,20,33H,10,12,16H2,1-3H3,(H,28,35)(H,30,34)/t20-/m0/s1. The van der Waals surface area contributed by atoms with Crippen molar-refractivity contribution in [3.05, 3.63) is 83.6 Å². The fourth-order valence-electron chi connectivity index (χ4n) is 4.00. The maximum atomic E-state index is 12.9. The fourth-order valence-corrected chi connectivity index (χ4v) is 4.00. The second-order valence-electron chi connectivity index (χ2n) is 9.06. The number of aliphatic hydroxyl groups is 1. The minimum absolute atomic E-state index is 0.143. The summed E-state index contributed by atoms with van der Waals surface area (Å²) in [5, 5.41) is 19.7. The molecule has 0 aliphatic heterocycles. The first kappa shape index (κ1) is 24.2. The van der Waals surface area contributed by atoms with Gasteiger partial charge in [-0.2, -0.15) is 5.10 Å². The largest absolute Gasteiger partial charge is 0.394 e. The van der Waals surface area contributed by atoms with E-state index in [1.54, 1.807) is 33.6 Å². The molecular formula is C26H30N6O3. The highest BCUT2D eigenvalue weighted by molar-refractivity contribution is 6.01. The van der Waals surface area contributed by atoms with Crippen molar-refractivity contribution in [3.8, 4) is 5.69 Å². The van der Waals surface area contributed by atoms with E-state index in [2.05, 4.69) is 20.7 Å². The second-order valence-corrected chi connectivity index (χ2v) is 9.06. The topological polar surface area (TPSA) is 114 Å². The normalized spacial score (nSPS) is 12.1. The van der Waals surface area contributed by atoms with E-state index in [1.807, 2.05) is 51.2 Å². The predicted octanol–water partition coefficient (Wildman–Crippen LogP) is 2.90. The summed E-state index contributed by atoms with van der Waals surface area (Å²) in [6, 6.07) is 11.0. The van der Waals surface area contributed by atoms with Crippen LogP contribution in [0, 0.1) is 12.8 Å². The molecule has 3 heterocycles. The molecule has 0 saturated carbocycles. The number of nitrogens with zero attached hydrogens (tertiary/aromatic N) is 4. The van der Waals surface area contributed by atoms with Gasteiger partial charge in [0.2, 0.25) is 0 Å². The van der Waals surface area contributed by atoms with Crippen LogP contribution in [0.15, 0.2) is 61.2 Å². The van der Waals surface area contributed by atoms with Crippen LogP contribution in [-0.4, -0.2) is 48.7 Å². The van der Waals surface area contributed by atoms with Crippen molar-refractivity contribution in [3.63, 3.8) is 0 Å². The Morgan fingerprint density at radius 3 is 2.69 bits per heavy atom. The molecular weight excluding hydrogens is 444 g/mol. The average molecular weight is 475 g/mol. The Bertz CT molecular complexity index is 1340. The number of fused-ring (bicyclic) bond motifs is 1. The average Bonchev–Trinajstić information content (AvgIpc) is 3.49. The van der Waals surface area contributed by atoms with Gasteiger partial charge in [-0.3, -0.25) is 14.0 Å². The van der Waals surface area contributed by atoms with E-state index in [0.29, 0.717) is 35.8 Å². The molecule has 0 fully saturated rings. The molecule has 1 aromatic carbocycles. The van der Waals surface area contributed by atoms with Crippen molar-refractivity contribution in [2.75, 3.05) is 6.61 Å². The van der Waals surface area contributed by atoms with Crippen LogP contribution in [0.1, 0.15) is 52.2 Å². The number of hydrogen-bond acceptors (Lipinski definition) is 5. The number of carbonyl (C=O) groups excluding carboxylic acids is 2. The molecule has 3 N–H and O–H groups in total. The van der Waals surface area contributed by atoms with E-state index in [4.69, 9.17) is 0 Å². The summed E-state index contributed by atoms with van der Waals surface area (Å²) in [4.78, 5) is 30.1. The molecule has 182 valence electrons. The van der Waals surface area contributed by atoms with Gasteiger partial charge in [-0.1, -0.05) is 26.0 Å². The van der Waals surface area contributed by atoms with Crippen molar-refractivity contribution >= 4 is 17.5 Å². The molecule has 1 atom stereocenters. The second kappa shape index (κ2) is 10.5. The lowest BCUT2D eigenvalue weighted by atomic mass is 10.0. The van der Waals surface area contributed by atoms with E-state index >= 15 is 0 Å². The zero-order valence-corrected chi connectivity index (χ0v) is 20.1. The Labute approximate surface area is 203 Å². The molecule has 0 saturated heterocycles. The Kier molecular flexibility index (Phi) is 7.26. The van der Waals surface area contributed by atoms with Gasteiger partial charge < -0.3 is 15.7 Å². The van der Waals surface area contributed by atoms with E-state index in [-0.39, 0.29) is 24.5 Å². The van der Waals surface area contributed by atoms with Crippen LogP contribution in [0.3, 0.4) is 0 Å². The quantitative estimate of drug-likeness (QED) is 0.345. The zero-order valence-electron chi connectivity index (χ0n) is 20.1. The van der Waals surface area contributed by atoms with Gasteiger partial charge in [-0.25, -0.2) is 9.67 Å². The van der Waals surface area contributed by atoms with Gasteiger partial charge >= 0.3 is 0 Å². The predicted molar refractivity (Wildman–Crippen MR) is 132 cm³/mol. The number of rotatable bonds is 9. The van der Waals surface area contributed by atoms with Crippen molar-refractivity contribution in [2.45, 2.75) is 39.8 Å². The number of benzene rings is 1. The molecule has 0 unspecified atom stereocenters. The molecule has 2 amide bonds. The van der Waals surface area contributed by atoms with Crippen LogP contribution in [0.25, 0.3) is 11.3 Å². The Hall–Kier alpha value is -3.98. The third-order valence-electron chi connectivity index (χ3n) is 5.68. The fraction of sp³-hybridized carbons (Fsp3) is 0.308. The third kappa shape index (κ3) is 5.58. The van der Waals surface area contributed by atoms with Gasteiger partial charge in [0.1, 0.15) is 11.3 Å². The van der Waals surface area contributed by atoms with Gasteiger partial charge in [0.25, 0.3) is 11.8 Å². The Balaban J connectivity index is 1.46. The summed E-state index contributed by atoms with van der Waals surface area (Å²) in [6.45, 7) is 6.24. The maximum Gasteiger partial charge on any atom is 0.270 e. The molecule has 0 spiro atoms. The summed E-state index contributed by atoms with van der Waals surface area (Å²) in [5.74, 6) is -0.322. The van der Waals surface area contributed by atoms with Gasteiger partial charge in [-0.05, 0) is 49.1 Å². The summed E-state index contributed by atoms with van der Waals surface area (Å²) in [7, 11) is 0. The number of imidazole rings is 1. The molecule has 0 radical (unpaired) electrons. The minimum atomic E-state index is -0.346. The molecule has 3 aromatic heterocycles. The zero-order chi connectivity index (χ0) is 24.9. The molecule has 9 nitrogen and oxygen atoms in total.